The summed E-state index contributed by atoms with van der Waals surface area (Å²) in [5.74, 6) is 1.48. The average molecular weight is 276 g/mol. The quantitative estimate of drug-likeness (QED) is 0.781. The lowest BCUT2D eigenvalue weighted by atomic mass is 9.93. The van der Waals surface area contributed by atoms with E-state index in [1.165, 1.54) is 12.8 Å². The number of rotatable bonds is 3. The van der Waals surface area contributed by atoms with Crippen LogP contribution in [-0.4, -0.2) is 28.0 Å². The van der Waals surface area contributed by atoms with Gasteiger partial charge in [0, 0.05) is 19.0 Å². The number of carbonyl (C=O) groups is 1. The third-order valence-corrected chi connectivity index (χ3v) is 5.13. The molecule has 2 heterocycles. The smallest absolute Gasteiger partial charge is 0.237 e. The van der Waals surface area contributed by atoms with Gasteiger partial charge < -0.3 is 10.3 Å². The van der Waals surface area contributed by atoms with Crippen LogP contribution in [0.5, 0.6) is 0 Å². The number of amides is 1. The highest BCUT2D eigenvalue weighted by molar-refractivity contribution is 5.82. The summed E-state index contributed by atoms with van der Waals surface area (Å²) in [5, 5.41) is 6.54. The molecule has 0 spiro atoms. The van der Waals surface area contributed by atoms with E-state index in [1.807, 2.05) is 0 Å². The Morgan fingerprint density at radius 1 is 1.50 bits per heavy atom. The zero-order valence-corrected chi connectivity index (χ0v) is 12.3. The second-order valence-corrected chi connectivity index (χ2v) is 6.19. The minimum Gasteiger partial charge on any atom is -0.352 e. The summed E-state index contributed by atoms with van der Waals surface area (Å²) in [6.45, 7) is 5.21. The second kappa shape index (κ2) is 5.56. The molecule has 1 aliphatic heterocycles. The van der Waals surface area contributed by atoms with E-state index in [0.29, 0.717) is 24.9 Å². The highest BCUT2D eigenvalue weighted by Gasteiger charge is 2.34. The van der Waals surface area contributed by atoms with Crippen molar-refractivity contribution in [2.45, 2.75) is 58.2 Å². The number of fused-ring (bicyclic) bond motifs is 1. The van der Waals surface area contributed by atoms with Gasteiger partial charge in [-0.1, -0.05) is 20.3 Å². The first kappa shape index (κ1) is 13.6. The highest BCUT2D eigenvalue weighted by atomic mass is 16.2. The Hall–Kier alpha value is -1.36. The van der Waals surface area contributed by atoms with Crippen LogP contribution in [0.2, 0.25) is 0 Å². The number of nitrogens with one attached hydrogen (secondary N) is 3. The monoisotopic (exact) mass is 276 g/mol. The minimum absolute atomic E-state index is 0.132. The van der Waals surface area contributed by atoms with Crippen LogP contribution < -0.4 is 10.6 Å². The molecule has 4 atom stereocenters. The number of hydrogen-bond donors (Lipinski definition) is 3. The van der Waals surface area contributed by atoms with Gasteiger partial charge in [0.25, 0.3) is 0 Å². The van der Waals surface area contributed by atoms with Crippen molar-refractivity contribution in [1.82, 2.24) is 20.6 Å². The molecule has 3 rings (SSSR count). The molecule has 1 saturated carbocycles. The van der Waals surface area contributed by atoms with Crippen molar-refractivity contribution in [1.29, 1.82) is 0 Å². The van der Waals surface area contributed by atoms with Gasteiger partial charge in [-0.15, -0.1) is 0 Å². The largest absolute Gasteiger partial charge is 0.352 e. The number of hydrogen-bond acceptors (Lipinski definition) is 3. The van der Waals surface area contributed by atoms with Crippen molar-refractivity contribution in [2.75, 3.05) is 0 Å². The molecule has 0 bridgehead atoms. The minimum atomic E-state index is -0.140. The van der Waals surface area contributed by atoms with Crippen molar-refractivity contribution in [2.24, 2.45) is 11.8 Å². The maximum absolute atomic E-state index is 12.4. The van der Waals surface area contributed by atoms with Crippen LogP contribution in [0.15, 0.2) is 6.33 Å². The predicted molar refractivity (Wildman–Crippen MR) is 77.0 cm³/mol. The van der Waals surface area contributed by atoms with E-state index in [2.05, 4.69) is 34.4 Å². The third-order valence-electron chi connectivity index (χ3n) is 5.13. The Kier molecular flexibility index (Phi) is 3.78. The molecular formula is C15H24N4O. The van der Waals surface area contributed by atoms with Crippen molar-refractivity contribution >= 4 is 5.91 Å². The second-order valence-electron chi connectivity index (χ2n) is 6.19. The zero-order chi connectivity index (χ0) is 14.1. The molecule has 3 N–H and O–H groups in total. The lowest BCUT2D eigenvalue weighted by Crippen LogP contribution is -2.51. The van der Waals surface area contributed by atoms with Gasteiger partial charge in [-0.2, -0.15) is 0 Å². The average Bonchev–Trinajstić information content (AvgIpc) is 3.05. The zero-order valence-electron chi connectivity index (χ0n) is 12.3. The summed E-state index contributed by atoms with van der Waals surface area (Å²) in [7, 11) is 0. The Morgan fingerprint density at radius 3 is 3.10 bits per heavy atom. The Bertz CT molecular complexity index is 484. The van der Waals surface area contributed by atoms with Crippen LogP contribution in [0.3, 0.4) is 0 Å². The lowest BCUT2D eigenvalue weighted by molar-refractivity contribution is -0.124. The van der Waals surface area contributed by atoms with Crippen LogP contribution >= 0.6 is 0 Å². The lowest BCUT2D eigenvalue weighted by Gasteiger charge is -2.26. The van der Waals surface area contributed by atoms with Crippen LogP contribution in [0.1, 0.15) is 44.5 Å². The van der Waals surface area contributed by atoms with E-state index in [0.717, 1.165) is 23.7 Å². The van der Waals surface area contributed by atoms with Crippen molar-refractivity contribution in [3.63, 3.8) is 0 Å². The van der Waals surface area contributed by atoms with E-state index in [-0.39, 0.29) is 11.9 Å². The summed E-state index contributed by atoms with van der Waals surface area (Å²) in [6.07, 6.45) is 5.96. The van der Waals surface area contributed by atoms with Crippen LogP contribution in [-0.2, 0) is 17.8 Å². The Balaban J connectivity index is 1.58. The predicted octanol–water partition coefficient (Wildman–Crippen LogP) is 1.36. The third kappa shape index (κ3) is 2.46. The van der Waals surface area contributed by atoms with Gasteiger partial charge >= 0.3 is 0 Å². The van der Waals surface area contributed by atoms with Crippen molar-refractivity contribution in [3.8, 4) is 0 Å². The molecule has 0 radical (unpaired) electrons. The molecule has 20 heavy (non-hydrogen) atoms. The Labute approximate surface area is 119 Å². The molecule has 5 heteroatoms. The molecule has 1 aliphatic carbocycles. The summed E-state index contributed by atoms with van der Waals surface area (Å²) in [4.78, 5) is 19.8. The van der Waals surface area contributed by atoms with Gasteiger partial charge in [-0.05, 0) is 24.7 Å². The number of aromatic amines is 1. The maximum Gasteiger partial charge on any atom is 0.237 e. The molecule has 2 aliphatic rings. The van der Waals surface area contributed by atoms with Crippen LogP contribution in [0.4, 0.5) is 0 Å². The van der Waals surface area contributed by atoms with Crippen LogP contribution in [0.25, 0.3) is 0 Å². The molecule has 5 nitrogen and oxygen atoms in total. The van der Waals surface area contributed by atoms with E-state index in [1.54, 1.807) is 6.33 Å². The standard InChI is InChI=1S/C15H24N4O/c1-3-10-4-5-11(9(10)2)19-15(20)13-6-12-14(7-16-13)18-8-17-12/h8-11,13,16H,3-7H2,1-2H3,(H,17,18)(H,19,20). The van der Waals surface area contributed by atoms with E-state index < -0.39 is 0 Å². The topological polar surface area (TPSA) is 69.8 Å². The number of imidazole rings is 1. The fraction of sp³-hybridized carbons (Fsp3) is 0.733. The molecular weight excluding hydrogens is 252 g/mol. The van der Waals surface area contributed by atoms with E-state index in [9.17, 15) is 4.79 Å². The van der Waals surface area contributed by atoms with Gasteiger partial charge in [-0.3, -0.25) is 10.1 Å². The van der Waals surface area contributed by atoms with E-state index >= 15 is 0 Å². The molecule has 1 aromatic heterocycles. The number of aromatic nitrogens is 2. The first-order chi connectivity index (χ1) is 9.69. The fourth-order valence-corrected chi connectivity index (χ4v) is 3.67. The van der Waals surface area contributed by atoms with Gasteiger partial charge in [-0.25, -0.2) is 4.98 Å². The molecule has 1 aromatic rings. The molecule has 110 valence electrons. The number of nitrogens with zero attached hydrogens (tertiary/aromatic N) is 1. The van der Waals surface area contributed by atoms with Gasteiger partial charge in [0.2, 0.25) is 5.91 Å². The SMILES string of the molecule is CCC1CCC(NC(=O)C2Cc3nc[nH]c3CN2)C1C. The van der Waals surface area contributed by atoms with Gasteiger partial charge in [0.1, 0.15) is 0 Å². The van der Waals surface area contributed by atoms with Crippen molar-refractivity contribution in [3.05, 3.63) is 17.7 Å². The van der Waals surface area contributed by atoms with E-state index in [4.69, 9.17) is 0 Å². The maximum atomic E-state index is 12.4. The first-order valence-electron chi connectivity index (χ1n) is 7.74. The van der Waals surface area contributed by atoms with Crippen LogP contribution in [0, 0.1) is 11.8 Å². The van der Waals surface area contributed by atoms with Gasteiger partial charge in [0.15, 0.2) is 0 Å². The summed E-state index contributed by atoms with van der Waals surface area (Å²) < 4.78 is 0. The van der Waals surface area contributed by atoms with Gasteiger partial charge in [0.05, 0.1) is 23.8 Å². The molecule has 0 saturated heterocycles. The normalized spacial score (nSPS) is 32.9. The summed E-state index contributed by atoms with van der Waals surface area (Å²) >= 11 is 0. The van der Waals surface area contributed by atoms with Crippen molar-refractivity contribution < 1.29 is 4.79 Å². The molecule has 0 aromatic carbocycles. The molecule has 1 fully saturated rings. The summed E-state index contributed by atoms with van der Waals surface area (Å²) in [6, 6.07) is 0.202. The highest BCUT2D eigenvalue weighted by Crippen LogP contribution is 2.33. The summed E-state index contributed by atoms with van der Waals surface area (Å²) in [5.41, 5.74) is 2.13. The fourth-order valence-electron chi connectivity index (χ4n) is 3.67. The first-order valence-corrected chi connectivity index (χ1v) is 7.74. The number of carbonyl (C=O) groups excluding carboxylic acids is 1. The molecule has 4 unspecified atom stereocenters. The number of H-pyrrole nitrogens is 1. The Morgan fingerprint density at radius 2 is 2.35 bits per heavy atom. The molecule has 1 amide bonds.